The Balaban J connectivity index is 2.24. The second-order valence-electron chi connectivity index (χ2n) is 4.90. The second kappa shape index (κ2) is 4.99. The van der Waals surface area contributed by atoms with Crippen LogP contribution in [0.1, 0.15) is 23.2 Å². The summed E-state index contributed by atoms with van der Waals surface area (Å²) in [4.78, 5) is 17.2. The van der Waals surface area contributed by atoms with Crippen LogP contribution in [-0.4, -0.2) is 33.9 Å². The highest BCUT2D eigenvalue weighted by molar-refractivity contribution is 5.47. The Bertz CT molecular complexity index is 475. The van der Waals surface area contributed by atoms with Crippen LogP contribution in [0.4, 0.5) is 5.69 Å². The van der Waals surface area contributed by atoms with Crippen molar-refractivity contribution in [2.75, 3.05) is 13.1 Å². The lowest BCUT2D eigenvalue weighted by Crippen LogP contribution is -2.26. The van der Waals surface area contributed by atoms with Gasteiger partial charge in [-0.3, -0.25) is 20.0 Å². The number of hydrogen-bond donors (Lipinski definition) is 1. The summed E-state index contributed by atoms with van der Waals surface area (Å²) in [6, 6.07) is 0.214. The Hall–Kier alpha value is -1.53. The second-order valence-corrected chi connectivity index (χ2v) is 4.90. The normalized spacial score (nSPS) is 20.3. The molecule has 1 aromatic heterocycles. The van der Waals surface area contributed by atoms with Gasteiger partial charge in [0.25, 0.3) is 5.69 Å². The number of likely N-dealkylation sites (tertiary alicyclic amines) is 1. The van der Waals surface area contributed by atoms with Crippen LogP contribution in [0.15, 0.2) is 6.20 Å². The van der Waals surface area contributed by atoms with Gasteiger partial charge in [0.15, 0.2) is 0 Å². The molecule has 6 nitrogen and oxygen atoms in total. The van der Waals surface area contributed by atoms with E-state index in [1.807, 2.05) is 0 Å². The molecule has 0 unspecified atom stereocenters. The molecule has 1 saturated heterocycles. The summed E-state index contributed by atoms with van der Waals surface area (Å²) in [6.07, 6.45) is 2.56. The Morgan fingerprint density at radius 3 is 2.89 bits per heavy atom. The molecule has 0 saturated carbocycles. The summed E-state index contributed by atoms with van der Waals surface area (Å²) >= 11 is 0. The van der Waals surface area contributed by atoms with Gasteiger partial charge in [0.05, 0.1) is 10.6 Å². The van der Waals surface area contributed by atoms with Gasteiger partial charge in [-0.15, -0.1) is 0 Å². The molecule has 0 aliphatic carbocycles. The van der Waals surface area contributed by atoms with Crippen LogP contribution < -0.4 is 5.73 Å². The van der Waals surface area contributed by atoms with Gasteiger partial charge in [0, 0.05) is 43.0 Å². The summed E-state index contributed by atoms with van der Waals surface area (Å²) in [6.45, 7) is 5.89. The summed E-state index contributed by atoms with van der Waals surface area (Å²) in [7, 11) is 0. The lowest BCUT2D eigenvalue weighted by molar-refractivity contribution is -0.386. The third-order valence-electron chi connectivity index (χ3n) is 3.44. The van der Waals surface area contributed by atoms with Gasteiger partial charge in [0.1, 0.15) is 0 Å². The molecule has 1 aromatic rings. The van der Waals surface area contributed by atoms with E-state index in [1.54, 1.807) is 20.0 Å². The van der Waals surface area contributed by atoms with Crippen LogP contribution >= 0.6 is 0 Å². The van der Waals surface area contributed by atoms with E-state index in [1.165, 1.54) is 0 Å². The Morgan fingerprint density at radius 2 is 2.33 bits per heavy atom. The van der Waals surface area contributed by atoms with Gasteiger partial charge in [-0.25, -0.2) is 0 Å². The number of rotatable bonds is 3. The van der Waals surface area contributed by atoms with Crippen molar-refractivity contribution in [1.82, 2.24) is 9.88 Å². The van der Waals surface area contributed by atoms with Crippen molar-refractivity contribution in [1.29, 1.82) is 0 Å². The Kier molecular flexibility index (Phi) is 3.58. The molecule has 0 amide bonds. The Labute approximate surface area is 106 Å². The minimum Gasteiger partial charge on any atom is -0.326 e. The molecule has 0 radical (unpaired) electrons. The van der Waals surface area contributed by atoms with Gasteiger partial charge in [-0.1, -0.05) is 0 Å². The standard InChI is InChI=1S/C12H18N4O2/c1-8-5-14-11(9(2)12(8)16(17)18)7-15-4-3-10(13)6-15/h5,10H,3-4,6-7,13H2,1-2H3/t10-/m0/s1. The molecule has 0 bridgehead atoms. The van der Waals surface area contributed by atoms with E-state index in [2.05, 4.69) is 9.88 Å². The molecule has 1 aliphatic rings. The molecule has 2 heterocycles. The molecule has 1 fully saturated rings. The molecule has 18 heavy (non-hydrogen) atoms. The minimum absolute atomic E-state index is 0.184. The molecule has 1 aliphatic heterocycles. The molecule has 0 spiro atoms. The van der Waals surface area contributed by atoms with Crippen LogP contribution in [-0.2, 0) is 6.54 Å². The van der Waals surface area contributed by atoms with Crippen LogP contribution in [0.5, 0.6) is 0 Å². The average molecular weight is 250 g/mol. The predicted molar refractivity (Wildman–Crippen MR) is 68.2 cm³/mol. The van der Waals surface area contributed by atoms with Crippen LogP contribution in [0.25, 0.3) is 0 Å². The van der Waals surface area contributed by atoms with Gasteiger partial charge < -0.3 is 5.73 Å². The maximum absolute atomic E-state index is 11.0. The van der Waals surface area contributed by atoms with E-state index in [0.29, 0.717) is 17.7 Å². The summed E-state index contributed by atoms with van der Waals surface area (Å²) in [5.74, 6) is 0. The van der Waals surface area contributed by atoms with Crippen molar-refractivity contribution in [3.8, 4) is 0 Å². The number of pyridine rings is 1. The van der Waals surface area contributed by atoms with Crippen molar-refractivity contribution in [3.63, 3.8) is 0 Å². The molecule has 2 N–H and O–H groups in total. The van der Waals surface area contributed by atoms with Crippen LogP contribution in [0, 0.1) is 24.0 Å². The largest absolute Gasteiger partial charge is 0.326 e. The number of nitrogens with zero attached hydrogens (tertiary/aromatic N) is 3. The number of nitrogens with two attached hydrogens (primary N) is 1. The molecule has 6 heteroatoms. The first-order chi connectivity index (χ1) is 8.49. The number of aryl methyl sites for hydroxylation is 1. The van der Waals surface area contributed by atoms with Crippen molar-refractivity contribution in [2.45, 2.75) is 32.9 Å². The SMILES string of the molecule is Cc1cnc(CN2CC[C@H](N)C2)c(C)c1[N+](=O)[O-]. The van der Waals surface area contributed by atoms with Crippen molar-refractivity contribution in [2.24, 2.45) is 5.73 Å². The number of hydrogen-bond acceptors (Lipinski definition) is 5. The zero-order chi connectivity index (χ0) is 13.3. The molecular weight excluding hydrogens is 232 g/mol. The number of nitro groups is 1. The van der Waals surface area contributed by atoms with E-state index >= 15 is 0 Å². The highest BCUT2D eigenvalue weighted by atomic mass is 16.6. The minimum atomic E-state index is -0.328. The van der Waals surface area contributed by atoms with Crippen molar-refractivity contribution in [3.05, 3.63) is 33.1 Å². The third kappa shape index (κ3) is 2.49. The van der Waals surface area contributed by atoms with Crippen molar-refractivity contribution < 1.29 is 4.92 Å². The highest BCUT2D eigenvalue weighted by Gasteiger charge is 2.23. The predicted octanol–water partition coefficient (Wildman–Crippen LogP) is 1.14. The molecule has 2 rings (SSSR count). The summed E-state index contributed by atoms with van der Waals surface area (Å²) in [5.41, 5.74) is 8.09. The highest BCUT2D eigenvalue weighted by Crippen LogP contribution is 2.25. The lowest BCUT2D eigenvalue weighted by Gasteiger charge is -2.16. The van der Waals surface area contributed by atoms with Crippen LogP contribution in [0.2, 0.25) is 0 Å². The van der Waals surface area contributed by atoms with E-state index in [4.69, 9.17) is 5.73 Å². The first-order valence-electron chi connectivity index (χ1n) is 6.06. The van der Waals surface area contributed by atoms with Crippen molar-refractivity contribution >= 4 is 5.69 Å². The quantitative estimate of drug-likeness (QED) is 0.642. The fourth-order valence-electron chi connectivity index (χ4n) is 2.42. The monoisotopic (exact) mass is 250 g/mol. The molecule has 0 aromatic carbocycles. The van der Waals surface area contributed by atoms with E-state index < -0.39 is 0 Å². The number of aromatic nitrogens is 1. The van der Waals surface area contributed by atoms with E-state index in [-0.39, 0.29) is 16.7 Å². The fraction of sp³-hybridized carbons (Fsp3) is 0.583. The van der Waals surface area contributed by atoms with E-state index in [0.717, 1.165) is 25.2 Å². The Morgan fingerprint density at radius 1 is 1.61 bits per heavy atom. The first-order valence-corrected chi connectivity index (χ1v) is 6.06. The summed E-state index contributed by atoms with van der Waals surface area (Å²) in [5, 5.41) is 11.0. The maximum Gasteiger partial charge on any atom is 0.278 e. The van der Waals surface area contributed by atoms with Gasteiger partial charge in [0.2, 0.25) is 0 Å². The molecule has 1 atom stereocenters. The smallest absolute Gasteiger partial charge is 0.278 e. The average Bonchev–Trinajstić information content (AvgIpc) is 2.68. The third-order valence-corrected chi connectivity index (χ3v) is 3.44. The zero-order valence-electron chi connectivity index (χ0n) is 10.7. The molecule has 98 valence electrons. The van der Waals surface area contributed by atoms with Gasteiger partial charge >= 0.3 is 0 Å². The topological polar surface area (TPSA) is 85.3 Å². The van der Waals surface area contributed by atoms with Gasteiger partial charge in [-0.2, -0.15) is 0 Å². The van der Waals surface area contributed by atoms with Crippen LogP contribution in [0.3, 0.4) is 0 Å². The maximum atomic E-state index is 11.0. The molecular formula is C12H18N4O2. The fourth-order valence-corrected chi connectivity index (χ4v) is 2.42. The van der Waals surface area contributed by atoms with Gasteiger partial charge in [-0.05, 0) is 20.3 Å². The lowest BCUT2D eigenvalue weighted by atomic mass is 10.1. The zero-order valence-corrected chi connectivity index (χ0v) is 10.7. The van der Waals surface area contributed by atoms with E-state index in [9.17, 15) is 10.1 Å². The summed E-state index contributed by atoms with van der Waals surface area (Å²) < 4.78 is 0. The first kappa shape index (κ1) is 12.9.